The molecule has 1 heterocycles. The van der Waals surface area contributed by atoms with Gasteiger partial charge in [-0.15, -0.1) is 0 Å². The summed E-state index contributed by atoms with van der Waals surface area (Å²) in [4.78, 5) is 53.1. The molecule has 12 nitrogen and oxygen atoms in total. The molecule has 504 valence electrons. The number of unbranched alkanes of at least 4 members (excludes halogenated alkanes) is 45. The number of carbonyl (C=O) groups is 3. The first-order chi connectivity index (χ1) is 44.4. The van der Waals surface area contributed by atoms with Gasteiger partial charge in [0.25, 0.3) is 0 Å². The molecule has 0 aliphatic rings. The number of anilines is 6. The second-order valence-electron chi connectivity index (χ2n) is 25.7. The highest BCUT2D eigenvalue weighted by Gasteiger charge is 2.14. The smallest absolute Gasteiger partial charge is 0.338 e. The van der Waals surface area contributed by atoms with Gasteiger partial charge >= 0.3 is 17.9 Å². The van der Waals surface area contributed by atoms with Crippen LogP contribution in [0.4, 0.5) is 34.9 Å². The van der Waals surface area contributed by atoms with Gasteiger partial charge in [0.05, 0.1) is 36.5 Å². The van der Waals surface area contributed by atoms with Crippen molar-refractivity contribution in [3.05, 3.63) is 89.5 Å². The van der Waals surface area contributed by atoms with E-state index in [2.05, 4.69) is 51.7 Å². The summed E-state index contributed by atoms with van der Waals surface area (Å²) in [5.74, 6) is -0.285. The molecule has 0 saturated carbocycles. The van der Waals surface area contributed by atoms with E-state index in [-0.39, 0.29) is 35.8 Å². The van der Waals surface area contributed by atoms with Crippen LogP contribution in [0, 0.1) is 0 Å². The van der Waals surface area contributed by atoms with Crippen LogP contribution in [-0.4, -0.2) is 52.7 Å². The predicted molar refractivity (Wildman–Crippen MR) is 378 cm³/mol. The fourth-order valence-electron chi connectivity index (χ4n) is 11.7. The summed E-state index contributed by atoms with van der Waals surface area (Å²) in [6, 6.07) is 21.2. The summed E-state index contributed by atoms with van der Waals surface area (Å²) < 4.78 is 16.9. The van der Waals surface area contributed by atoms with Crippen LogP contribution >= 0.6 is 0 Å². The highest BCUT2D eigenvalue weighted by Crippen LogP contribution is 2.24. The molecule has 3 aromatic carbocycles. The lowest BCUT2D eigenvalue weighted by molar-refractivity contribution is 0.0488. The van der Waals surface area contributed by atoms with Crippen molar-refractivity contribution >= 4 is 52.8 Å². The normalized spacial score (nSPS) is 11.2. The van der Waals surface area contributed by atoms with Crippen LogP contribution in [0.25, 0.3) is 0 Å². The Morgan fingerprint density at radius 3 is 0.567 bits per heavy atom. The summed E-state index contributed by atoms with van der Waals surface area (Å²) in [7, 11) is 0. The Bertz CT molecular complexity index is 2090. The minimum Gasteiger partial charge on any atom is -0.462 e. The van der Waals surface area contributed by atoms with Crippen molar-refractivity contribution in [2.24, 2.45) is 0 Å². The minimum absolute atomic E-state index is 0.248. The first-order valence-electron chi connectivity index (χ1n) is 37.3. The third kappa shape index (κ3) is 39.7. The molecular formula is C78H126N6O6. The van der Waals surface area contributed by atoms with Gasteiger partial charge in [0.15, 0.2) is 0 Å². The average molecular weight is 1240 g/mol. The predicted octanol–water partition coefficient (Wildman–Crippen LogP) is 24.4. The Kier molecular flexibility index (Phi) is 46.2. The largest absolute Gasteiger partial charge is 0.462 e. The highest BCUT2D eigenvalue weighted by molar-refractivity contribution is 5.91. The summed E-state index contributed by atoms with van der Waals surface area (Å²) in [6.45, 7) is 8.06. The van der Waals surface area contributed by atoms with Crippen molar-refractivity contribution < 1.29 is 28.6 Å². The molecule has 0 bridgehead atoms. The molecule has 0 aliphatic heterocycles. The molecule has 4 rings (SSSR count). The van der Waals surface area contributed by atoms with Crippen LogP contribution in [0.15, 0.2) is 72.8 Å². The first-order valence-corrected chi connectivity index (χ1v) is 37.3. The quantitative estimate of drug-likeness (QED) is 0.0219. The van der Waals surface area contributed by atoms with Crippen molar-refractivity contribution in [3.8, 4) is 0 Å². The summed E-state index contributed by atoms with van der Waals surface area (Å²) >= 11 is 0. The lowest BCUT2D eigenvalue weighted by atomic mass is 10.0. The van der Waals surface area contributed by atoms with Gasteiger partial charge in [-0.25, -0.2) is 14.4 Å². The van der Waals surface area contributed by atoms with Gasteiger partial charge < -0.3 is 30.2 Å². The van der Waals surface area contributed by atoms with Crippen molar-refractivity contribution in [2.75, 3.05) is 35.8 Å². The number of hydrogen-bond donors (Lipinski definition) is 3. The maximum Gasteiger partial charge on any atom is 0.338 e. The molecule has 4 aromatic rings. The van der Waals surface area contributed by atoms with Crippen molar-refractivity contribution in [1.82, 2.24) is 15.0 Å². The summed E-state index contributed by atoms with van der Waals surface area (Å²) in [5.41, 5.74) is 3.40. The van der Waals surface area contributed by atoms with Crippen molar-refractivity contribution in [3.63, 3.8) is 0 Å². The van der Waals surface area contributed by atoms with Gasteiger partial charge in [0, 0.05) is 17.1 Å². The van der Waals surface area contributed by atoms with Crippen LogP contribution in [0.3, 0.4) is 0 Å². The highest BCUT2D eigenvalue weighted by atomic mass is 16.5. The molecule has 12 heteroatoms. The molecule has 0 fully saturated rings. The van der Waals surface area contributed by atoms with Crippen LogP contribution in [0.2, 0.25) is 0 Å². The molecule has 0 spiro atoms. The fourth-order valence-corrected chi connectivity index (χ4v) is 11.7. The number of aromatic nitrogens is 3. The minimum atomic E-state index is -0.343. The van der Waals surface area contributed by atoms with E-state index in [4.69, 9.17) is 14.2 Å². The van der Waals surface area contributed by atoms with E-state index in [1.54, 1.807) is 72.8 Å². The molecule has 0 unspecified atom stereocenters. The second-order valence-corrected chi connectivity index (χ2v) is 25.7. The number of hydrogen-bond acceptors (Lipinski definition) is 12. The van der Waals surface area contributed by atoms with E-state index in [1.165, 1.54) is 270 Å². The van der Waals surface area contributed by atoms with Crippen molar-refractivity contribution in [1.29, 1.82) is 0 Å². The Morgan fingerprint density at radius 2 is 0.400 bits per heavy atom. The topological polar surface area (TPSA) is 154 Å². The number of benzene rings is 3. The maximum absolute atomic E-state index is 13.0. The molecule has 0 amide bonds. The molecule has 0 radical (unpaired) electrons. The molecule has 90 heavy (non-hydrogen) atoms. The third-order valence-electron chi connectivity index (χ3n) is 17.5. The zero-order valence-electron chi connectivity index (χ0n) is 57.3. The van der Waals surface area contributed by atoms with Crippen molar-refractivity contribution in [2.45, 2.75) is 329 Å². The van der Waals surface area contributed by atoms with Crippen LogP contribution in [-0.2, 0) is 14.2 Å². The van der Waals surface area contributed by atoms with E-state index in [9.17, 15) is 14.4 Å². The third-order valence-corrected chi connectivity index (χ3v) is 17.5. The summed E-state index contributed by atoms with van der Waals surface area (Å²) in [5, 5.41) is 9.81. The molecule has 0 aliphatic carbocycles. The lowest BCUT2D eigenvalue weighted by Gasteiger charge is -2.12. The van der Waals surface area contributed by atoms with Gasteiger partial charge in [-0.2, -0.15) is 15.0 Å². The van der Waals surface area contributed by atoms with Crippen LogP contribution < -0.4 is 16.0 Å². The molecule has 0 saturated heterocycles. The summed E-state index contributed by atoms with van der Waals surface area (Å²) in [6.07, 6.45) is 62.3. The number of carbonyl (C=O) groups excluding carboxylic acids is 3. The average Bonchev–Trinajstić information content (AvgIpc) is 3.37. The standard InChI is InChI=1S/C78H126N6O6/c1-4-7-10-13-16-19-22-25-28-31-34-37-40-43-46-49-64-88-73(85)67-52-58-70(59-53-67)79-76-82-77(80-71-60-54-68(55-61-71)74(86)89-65-50-47-44-41-38-35-32-29-26-23-20-17-14-11-8-5-2)84-78(83-76)81-72-62-56-69(57-63-72)75(87)90-66-51-48-45-42-39-36-33-30-27-24-21-18-15-12-9-6-3/h52-63H,4-51,64-66H2,1-3H3,(H3,79,80,81,82,83,84). The Morgan fingerprint density at radius 1 is 0.244 bits per heavy atom. The van der Waals surface area contributed by atoms with Gasteiger partial charge in [-0.3, -0.25) is 0 Å². The van der Waals surface area contributed by atoms with E-state index < -0.39 is 0 Å². The lowest BCUT2D eigenvalue weighted by Crippen LogP contribution is -2.09. The first kappa shape index (κ1) is 76.9. The Hall–Kier alpha value is -5.52. The van der Waals surface area contributed by atoms with Gasteiger partial charge in [-0.1, -0.05) is 310 Å². The number of ether oxygens (including phenoxy) is 3. The SMILES string of the molecule is CCCCCCCCCCCCCCCCCCOC(=O)c1ccc(Nc2nc(Nc3ccc(C(=O)OCCCCCCCCCCCCCCCCCC)cc3)nc(Nc3ccc(C(=O)OCCCCCCCCCCCCCCCCCC)cc3)n2)cc1. The number of nitrogens with zero attached hydrogens (tertiary/aromatic N) is 3. The molecular weight excluding hydrogens is 1120 g/mol. The monoisotopic (exact) mass is 1240 g/mol. The number of rotatable bonds is 60. The number of esters is 3. The number of nitrogens with one attached hydrogen (secondary N) is 3. The van der Waals surface area contributed by atoms with E-state index in [0.29, 0.717) is 53.6 Å². The van der Waals surface area contributed by atoms with E-state index >= 15 is 0 Å². The Balaban J connectivity index is 1.21. The Labute approximate surface area is 548 Å². The molecule has 1 aromatic heterocycles. The van der Waals surface area contributed by atoms with Crippen LogP contribution in [0.5, 0.6) is 0 Å². The fraction of sp³-hybridized carbons (Fsp3) is 0.692. The van der Waals surface area contributed by atoms with Gasteiger partial charge in [-0.05, 0) is 92.1 Å². The van der Waals surface area contributed by atoms with Gasteiger partial charge in [0.2, 0.25) is 17.8 Å². The van der Waals surface area contributed by atoms with Gasteiger partial charge in [0.1, 0.15) is 0 Å². The zero-order valence-corrected chi connectivity index (χ0v) is 57.3. The zero-order chi connectivity index (χ0) is 63.8. The van der Waals surface area contributed by atoms with Crippen LogP contribution in [0.1, 0.15) is 360 Å². The second kappa shape index (κ2) is 54.1. The van der Waals surface area contributed by atoms with E-state index in [1.807, 2.05) is 0 Å². The molecule has 0 atom stereocenters. The molecule has 3 N–H and O–H groups in total. The van der Waals surface area contributed by atoms with E-state index in [0.717, 1.165) is 38.5 Å². The maximum atomic E-state index is 13.0.